The Morgan fingerprint density at radius 1 is 0.969 bits per heavy atom. The van der Waals surface area contributed by atoms with Gasteiger partial charge in [0.05, 0.1) is 46.8 Å². The van der Waals surface area contributed by atoms with Gasteiger partial charge in [-0.05, 0) is 130 Å². The van der Waals surface area contributed by atoms with Gasteiger partial charge >= 0.3 is 0 Å². The molecule has 3 unspecified atom stereocenters. The van der Waals surface area contributed by atoms with Crippen molar-refractivity contribution in [1.82, 2.24) is 34.3 Å². The maximum absolute atomic E-state index is 14.4. The molecule has 3 atom stereocenters. The van der Waals surface area contributed by atoms with E-state index in [0.29, 0.717) is 66.0 Å². The van der Waals surface area contributed by atoms with Crippen LogP contribution in [0.2, 0.25) is 0 Å². The number of amides is 4. The normalized spacial score (nSPS) is 25.6. The highest BCUT2D eigenvalue weighted by Crippen LogP contribution is 2.53. The molecule has 2 aliphatic carbocycles. The van der Waals surface area contributed by atoms with Crippen molar-refractivity contribution in [3.63, 3.8) is 0 Å². The summed E-state index contributed by atoms with van der Waals surface area (Å²) in [6.45, 7) is 7.85. The zero-order valence-electron chi connectivity index (χ0n) is 36.5. The van der Waals surface area contributed by atoms with Crippen LogP contribution in [0.5, 0.6) is 0 Å². The number of carbonyl (C=O) groups excluding carboxylic acids is 4. The molecule has 65 heavy (non-hydrogen) atoms. The third-order valence-electron chi connectivity index (χ3n) is 15.0. The zero-order valence-corrected chi connectivity index (χ0v) is 37.3. The van der Waals surface area contributed by atoms with Gasteiger partial charge < -0.3 is 30.3 Å². The molecule has 2 saturated carbocycles. The minimum atomic E-state index is -2.82. The van der Waals surface area contributed by atoms with E-state index in [4.69, 9.17) is 9.72 Å². The van der Waals surface area contributed by atoms with E-state index in [1.165, 1.54) is 11.5 Å². The number of hydrogen-bond acceptors (Lipinski definition) is 14. The van der Waals surface area contributed by atoms with Crippen molar-refractivity contribution >= 4 is 62.6 Å². The van der Waals surface area contributed by atoms with Crippen molar-refractivity contribution < 1.29 is 37.8 Å². The highest BCUT2D eigenvalue weighted by atomic mass is 32.1. The van der Waals surface area contributed by atoms with E-state index < -0.39 is 42.3 Å². The van der Waals surface area contributed by atoms with Gasteiger partial charge in [0.25, 0.3) is 18.2 Å². The van der Waals surface area contributed by atoms with Crippen molar-refractivity contribution in [3.8, 4) is 0 Å². The van der Waals surface area contributed by atoms with E-state index in [9.17, 15) is 33.1 Å². The fourth-order valence-corrected chi connectivity index (χ4v) is 12.1. The number of anilines is 3. The first-order valence-electron chi connectivity index (χ1n) is 23.2. The molecule has 4 aromatic rings. The number of nitrogens with zero attached hydrogens (tertiary/aromatic N) is 7. The molecule has 346 valence electrons. The van der Waals surface area contributed by atoms with Crippen LogP contribution in [0.4, 0.5) is 26.0 Å². The number of hydrogen-bond donors (Lipinski definition) is 4. The Hall–Kier alpha value is -5.11. The fourth-order valence-electron chi connectivity index (χ4n) is 11.4. The largest absolute Gasteiger partial charge is 0.384 e. The van der Waals surface area contributed by atoms with E-state index in [0.717, 1.165) is 92.8 Å². The van der Waals surface area contributed by atoms with Crippen molar-refractivity contribution in [1.29, 1.82) is 0 Å². The third kappa shape index (κ3) is 8.48. The first-order chi connectivity index (χ1) is 31.5. The Kier molecular flexibility index (Phi) is 12.1. The molecule has 4 aliphatic heterocycles. The van der Waals surface area contributed by atoms with Crippen LogP contribution >= 0.6 is 11.5 Å². The molecule has 0 bridgehead atoms. The maximum Gasteiger partial charge on any atom is 0.284 e. The fraction of sp³-hybridized carbons (Fsp3) is 0.587. The number of alkyl halides is 2. The Morgan fingerprint density at radius 2 is 1.77 bits per heavy atom. The standard InChI is InChI=1S/C46H56F2N10O6S/c1-2-28-25-64-19-18-56(28)35-12-11-34-39(51-35)40(54-65-34)43(61)50-32-24-57(53-38(32)41(47)48)29-8-6-26(7-9-29)23-55-16-14-46(15-17-55)20-27(21-46)22-49-31-5-3-4-30-37(31)45(63)58(44(30)62)33-10-13-36(59)52-42(33)60/h3-5,11-12,24,26-29,33,41,43,49-50,61H,2,6-10,13-23,25H2,1H3,(H,52,59,60)/t26-,28?,29-,33?,43?. The molecule has 1 spiro atoms. The van der Waals surface area contributed by atoms with Crippen LogP contribution in [-0.4, -0.2) is 116 Å². The summed E-state index contributed by atoms with van der Waals surface area (Å²) in [5.41, 5.74) is 2.04. The van der Waals surface area contributed by atoms with Crippen LogP contribution in [0.25, 0.3) is 10.2 Å². The number of benzene rings is 1. The Balaban J connectivity index is 0.688. The predicted octanol–water partition coefficient (Wildman–Crippen LogP) is 6.28. The van der Waals surface area contributed by atoms with Crippen LogP contribution in [0.1, 0.15) is 128 Å². The van der Waals surface area contributed by atoms with E-state index in [1.54, 1.807) is 29.1 Å². The lowest BCUT2D eigenvalue weighted by Gasteiger charge is -2.53. The van der Waals surface area contributed by atoms with E-state index in [-0.39, 0.29) is 41.9 Å². The monoisotopic (exact) mass is 914 g/mol. The molecule has 3 aromatic heterocycles. The van der Waals surface area contributed by atoms with Crippen LogP contribution in [0.15, 0.2) is 36.5 Å². The van der Waals surface area contributed by atoms with Crippen molar-refractivity contribution in [2.75, 3.05) is 61.5 Å². The summed E-state index contributed by atoms with van der Waals surface area (Å²) in [6, 6.07) is 8.26. The summed E-state index contributed by atoms with van der Waals surface area (Å²) in [5.74, 6) is -0.278. The number of aliphatic hydroxyl groups excluding tert-OH is 1. The van der Waals surface area contributed by atoms with Gasteiger partial charge in [0, 0.05) is 37.9 Å². The first kappa shape index (κ1) is 43.8. The van der Waals surface area contributed by atoms with Gasteiger partial charge in [-0.2, -0.15) is 9.47 Å². The molecule has 5 fully saturated rings. The summed E-state index contributed by atoms with van der Waals surface area (Å²) >= 11 is 1.21. The second-order valence-electron chi connectivity index (χ2n) is 19.0. The molecule has 4 N–H and O–H groups in total. The van der Waals surface area contributed by atoms with Crippen LogP contribution in [0.3, 0.4) is 0 Å². The van der Waals surface area contributed by atoms with E-state index in [1.807, 2.05) is 12.1 Å². The molecule has 19 heteroatoms. The average Bonchev–Trinajstić information content (AvgIpc) is 4.00. The quantitative estimate of drug-likeness (QED) is 0.0868. The number of piperidine rings is 2. The van der Waals surface area contributed by atoms with Gasteiger partial charge in [-0.3, -0.25) is 34.1 Å². The maximum atomic E-state index is 14.4. The summed E-state index contributed by atoms with van der Waals surface area (Å²) in [5, 5.41) is 24.3. The minimum absolute atomic E-state index is 0.00854. The van der Waals surface area contributed by atoms with Crippen LogP contribution < -0.4 is 20.9 Å². The number of fused-ring (bicyclic) bond motifs is 2. The van der Waals surface area contributed by atoms with Gasteiger partial charge in [0.15, 0.2) is 11.9 Å². The third-order valence-corrected chi connectivity index (χ3v) is 15.8. The van der Waals surface area contributed by atoms with Crippen molar-refractivity contribution in [2.24, 2.45) is 17.3 Å². The van der Waals surface area contributed by atoms with Gasteiger partial charge in [-0.25, -0.2) is 13.8 Å². The number of ether oxygens (including phenoxy) is 1. The second-order valence-corrected chi connectivity index (χ2v) is 19.8. The SMILES string of the molecule is CCC1COCCN1c1ccc2snc(C(O)Nc3cn([C@H]4CC[C@H](CN5CCC6(CC5)CC(CNc5cccc7c5C(=O)N(C5CCC(=O)NC5=O)C7=O)C6)CC4)nc3C(F)F)c2n1. The van der Waals surface area contributed by atoms with E-state index >= 15 is 0 Å². The number of halogens is 2. The minimum Gasteiger partial charge on any atom is -0.384 e. The molecule has 16 nitrogen and oxygen atoms in total. The molecule has 1 aromatic carbocycles. The van der Waals surface area contributed by atoms with Crippen molar-refractivity contribution in [2.45, 2.75) is 108 Å². The topological polar surface area (TPSA) is 187 Å². The number of aliphatic hydroxyl groups is 1. The average molecular weight is 915 g/mol. The Bertz CT molecular complexity index is 2460. The van der Waals surface area contributed by atoms with Gasteiger partial charge in [0.2, 0.25) is 11.8 Å². The Labute approximate surface area is 379 Å². The summed E-state index contributed by atoms with van der Waals surface area (Å²) < 4.78 is 41.4. The highest BCUT2D eigenvalue weighted by molar-refractivity contribution is 7.13. The van der Waals surface area contributed by atoms with Gasteiger partial charge in [-0.1, -0.05) is 13.0 Å². The highest BCUT2D eigenvalue weighted by Gasteiger charge is 2.48. The number of rotatable bonds is 13. The number of nitrogens with one attached hydrogen (secondary N) is 3. The summed E-state index contributed by atoms with van der Waals surface area (Å²) in [6.07, 6.45) is 6.67. The smallest absolute Gasteiger partial charge is 0.284 e. The lowest BCUT2D eigenvalue weighted by atomic mass is 9.57. The van der Waals surface area contributed by atoms with Crippen LogP contribution in [0, 0.1) is 17.3 Å². The first-order valence-corrected chi connectivity index (χ1v) is 24.0. The molecular weight excluding hydrogens is 859 g/mol. The second kappa shape index (κ2) is 17.9. The summed E-state index contributed by atoms with van der Waals surface area (Å²) in [7, 11) is 0. The number of imide groups is 2. The van der Waals surface area contributed by atoms with Crippen molar-refractivity contribution in [3.05, 3.63) is 59.0 Å². The van der Waals surface area contributed by atoms with Gasteiger partial charge in [-0.15, -0.1) is 0 Å². The number of likely N-dealkylation sites (tertiary alicyclic amines) is 1. The Morgan fingerprint density at radius 3 is 2.52 bits per heavy atom. The molecule has 0 radical (unpaired) electrons. The van der Waals surface area contributed by atoms with Crippen LogP contribution in [-0.2, 0) is 14.3 Å². The zero-order chi connectivity index (χ0) is 45.0. The molecule has 6 aliphatic rings. The number of carbonyl (C=O) groups is 4. The lowest BCUT2D eigenvalue weighted by Crippen LogP contribution is -2.54. The molecule has 7 heterocycles. The number of aromatic nitrogens is 4. The number of pyridine rings is 1. The molecule has 3 saturated heterocycles. The molecule has 4 amide bonds. The summed E-state index contributed by atoms with van der Waals surface area (Å²) in [4.78, 5) is 61.7. The molecule has 10 rings (SSSR count). The van der Waals surface area contributed by atoms with Gasteiger partial charge in [0.1, 0.15) is 23.1 Å². The lowest BCUT2D eigenvalue weighted by molar-refractivity contribution is -0.136. The predicted molar refractivity (Wildman–Crippen MR) is 239 cm³/mol. The molecular formula is C46H56F2N10O6S. The van der Waals surface area contributed by atoms with E-state index in [2.05, 4.69) is 42.1 Å². The number of morpholine rings is 1.